The molecule has 0 fully saturated rings. The number of aromatic nitrogens is 1. The first-order valence-corrected chi connectivity index (χ1v) is 8.16. The lowest BCUT2D eigenvalue weighted by molar-refractivity contribution is 0.142. The lowest BCUT2D eigenvalue weighted by Crippen LogP contribution is -2.41. The molecule has 0 aliphatic heterocycles. The molecule has 0 spiro atoms. The normalized spacial score (nSPS) is 19.7. The van der Waals surface area contributed by atoms with Crippen molar-refractivity contribution in [3.05, 3.63) is 51.5 Å². The number of benzene rings is 1. The molecular weight excluding hydrogens is 298 g/mol. The summed E-state index contributed by atoms with van der Waals surface area (Å²) >= 11 is 1.64. The van der Waals surface area contributed by atoms with Gasteiger partial charge in [0.15, 0.2) is 0 Å². The minimum atomic E-state index is -0.565. The van der Waals surface area contributed by atoms with Crippen LogP contribution in [0.3, 0.4) is 0 Å². The first-order valence-electron chi connectivity index (χ1n) is 7.35. The number of aliphatic hydroxyl groups excluding tert-OH is 1. The van der Waals surface area contributed by atoms with E-state index >= 15 is 0 Å². The Morgan fingerprint density at radius 1 is 1.45 bits per heavy atom. The number of nitrogens with one attached hydrogen (secondary N) is 2. The van der Waals surface area contributed by atoms with Gasteiger partial charge in [-0.25, -0.2) is 9.78 Å². The van der Waals surface area contributed by atoms with Gasteiger partial charge >= 0.3 is 6.03 Å². The Balaban J connectivity index is 1.51. The minimum absolute atomic E-state index is 0.256. The van der Waals surface area contributed by atoms with Gasteiger partial charge in [0.05, 0.1) is 17.2 Å². The van der Waals surface area contributed by atoms with Crippen molar-refractivity contribution in [2.75, 3.05) is 6.54 Å². The number of carbonyl (C=O) groups is 1. The van der Waals surface area contributed by atoms with Crippen LogP contribution in [0.2, 0.25) is 0 Å². The molecule has 2 aromatic rings. The van der Waals surface area contributed by atoms with E-state index in [4.69, 9.17) is 0 Å². The number of hydrogen-bond donors (Lipinski definition) is 3. The number of hydrogen-bond acceptors (Lipinski definition) is 4. The lowest BCUT2D eigenvalue weighted by Gasteiger charge is -2.18. The van der Waals surface area contributed by atoms with E-state index < -0.39 is 6.10 Å². The van der Waals surface area contributed by atoms with Crippen molar-refractivity contribution in [2.45, 2.75) is 31.9 Å². The van der Waals surface area contributed by atoms with Crippen molar-refractivity contribution < 1.29 is 9.90 Å². The predicted molar refractivity (Wildman–Crippen MR) is 86.0 cm³/mol. The van der Waals surface area contributed by atoms with Crippen LogP contribution < -0.4 is 10.6 Å². The van der Waals surface area contributed by atoms with Gasteiger partial charge in [-0.3, -0.25) is 0 Å². The maximum Gasteiger partial charge on any atom is 0.315 e. The molecule has 2 unspecified atom stereocenters. The van der Waals surface area contributed by atoms with E-state index in [1.807, 2.05) is 37.4 Å². The highest BCUT2D eigenvalue weighted by Crippen LogP contribution is 2.30. The van der Waals surface area contributed by atoms with Crippen LogP contribution in [0.15, 0.2) is 30.5 Å². The van der Waals surface area contributed by atoms with Crippen molar-refractivity contribution in [1.29, 1.82) is 0 Å². The number of aryl methyl sites for hydroxylation is 1. The maximum atomic E-state index is 12.0. The molecule has 116 valence electrons. The fraction of sp³-hybridized carbons (Fsp3) is 0.375. The molecule has 2 amide bonds. The van der Waals surface area contributed by atoms with Gasteiger partial charge in [-0.15, -0.1) is 11.3 Å². The molecule has 0 radical (unpaired) electrons. The van der Waals surface area contributed by atoms with Crippen LogP contribution >= 0.6 is 11.3 Å². The van der Waals surface area contributed by atoms with Crippen LogP contribution in [0.4, 0.5) is 4.79 Å². The SMILES string of the molecule is Cc1cnc(CCNC(=O)NC2c3ccccc3CC2O)s1. The van der Waals surface area contributed by atoms with Crippen molar-refractivity contribution >= 4 is 17.4 Å². The summed E-state index contributed by atoms with van der Waals surface area (Å²) in [5.74, 6) is 0. The van der Waals surface area contributed by atoms with Gasteiger partial charge in [0.1, 0.15) is 0 Å². The highest BCUT2D eigenvalue weighted by Gasteiger charge is 2.31. The summed E-state index contributed by atoms with van der Waals surface area (Å²) in [7, 11) is 0. The largest absolute Gasteiger partial charge is 0.390 e. The molecule has 3 N–H and O–H groups in total. The number of thiazole rings is 1. The Labute approximate surface area is 133 Å². The number of urea groups is 1. The smallest absolute Gasteiger partial charge is 0.315 e. The number of fused-ring (bicyclic) bond motifs is 1. The summed E-state index contributed by atoms with van der Waals surface area (Å²) in [6.07, 6.45) is 2.57. The zero-order valence-electron chi connectivity index (χ0n) is 12.4. The third-order valence-corrected chi connectivity index (χ3v) is 4.76. The standard InChI is InChI=1S/C16H19N3O2S/c1-10-9-18-14(22-10)6-7-17-16(21)19-15-12-5-3-2-4-11(12)8-13(15)20/h2-5,9,13,15,20H,6-8H2,1H3,(H2,17,19,21). The van der Waals surface area contributed by atoms with Crippen molar-refractivity contribution in [1.82, 2.24) is 15.6 Å². The van der Waals surface area contributed by atoms with Gasteiger partial charge in [-0.2, -0.15) is 0 Å². The van der Waals surface area contributed by atoms with Crippen LogP contribution in [0.1, 0.15) is 27.1 Å². The molecule has 0 saturated heterocycles. The fourth-order valence-corrected chi connectivity index (χ4v) is 3.53. The molecule has 3 rings (SSSR count). The molecule has 1 heterocycles. The molecule has 2 atom stereocenters. The Morgan fingerprint density at radius 3 is 3.05 bits per heavy atom. The summed E-state index contributed by atoms with van der Waals surface area (Å²) < 4.78 is 0. The number of rotatable bonds is 4. The third-order valence-electron chi connectivity index (χ3n) is 3.78. The second-order valence-electron chi connectivity index (χ2n) is 5.46. The molecule has 1 aliphatic carbocycles. The fourth-order valence-electron chi connectivity index (χ4n) is 2.74. The molecule has 6 heteroatoms. The molecule has 1 aromatic heterocycles. The van der Waals surface area contributed by atoms with Gasteiger partial charge in [-0.05, 0) is 18.1 Å². The Kier molecular flexibility index (Phi) is 4.40. The lowest BCUT2D eigenvalue weighted by atomic mass is 10.1. The highest BCUT2D eigenvalue weighted by atomic mass is 32.1. The molecule has 22 heavy (non-hydrogen) atoms. The molecular formula is C16H19N3O2S. The average Bonchev–Trinajstić information content (AvgIpc) is 3.03. The summed E-state index contributed by atoms with van der Waals surface area (Å²) in [6, 6.07) is 7.23. The van der Waals surface area contributed by atoms with E-state index in [0.717, 1.165) is 22.6 Å². The molecule has 5 nitrogen and oxygen atoms in total. The van der Waals surface area contributed by atoms with Gasteiger partial charge < -0.3 is 15.7 Å². The Hall–Kier alpha value is -1.92. The Morgan fingerprint density at radius 2 is 2.27 bits per heavy atom. The van der Waals surface area contributed by atoms with Crippen molar-refractivity contribution in [3.63, 3.8) is 0 Å². The average molecular weight is 317 g/mol. The van der Waals surface area contributed by atoms with Crippen molar-refractivity contribution in [3.8, 4) is 0 Å². The first kappa shape index (κ1) is 15.0. The summed E-state index contributed by atoms with van der Waals surface area (Å²) in [6.45, 7) is 2.55. The van der Waals surface area contributed by atoms with Gasteiger partial charge in [0.2, 0.25) is 0 Å². The van der Waals surface area contributed by atoms with E-state index in [0.29, 0.717) is 13.0 Å². The molecule has 1 aromatic carbocycles. The summed E-state index contributed by atoms with van der Waals surface area (Å²) in [5, 5.41) is 16.8. The summed E-state index contributed by atoms with van der Waals surface area (Å²) in [4.78, 5) is 17.4. The quantitative estimate of drug-likeness (QED) is 0.807. The molecule has 0 saturated carbocycles. The van der Waals surface area contributed by atoms with E-state index in [1.54, 1.807) is 11.3 Å². The van der Waals surface area contributed by atoms with E-state index in [9.17, 15) is 9.90 Å². The number of carbonyl (C=O) groups excluding carboxylic acids is 1. The van der Waals surface area contributed by atoms with Gasteiger partial charge in [0, 0.05) is 30.5 Å². The summed E-state index contributed by atoms with van der Waals surface area (Å²) in [5.41, 5.74) is 2.10. The minimum Gasteiger partial charge on any atom is -0.390 e. The molecule has 0 bridgehead atoms. The van der Waals surface area contributed by atoms with Crippen molar-refractivity contribution in [2.24, 2.45) is 0 Å². The second kappa shape index (κ2) is 6.46. The second-order valence-corrected chi connectivity index (χ2v) is 6.78. The number of amides is 2. The number of nitrogens with zero attached hydrogens (tertiary/aromatic N) is 1. The van der Waals surface area contributed by atoms with E-state index in [-0.39, 0.29) is 12.1 Å². The van der Waals surface area contributed by atoms with E-state index in [2.05, 4.69) is 15.6 Å². The maximum absolute atomic E-state index is 12.0. The number of aliphatic hydroxyl groups is 1. The monoisotopic (exact) mass is 317 g/mol. The van der Waals surface area contributed by atoms with Crippen LogP contribution in [0.25, 0.3) is 0 Å². The highest BCUT2D eigenvalue weighted by molar-refractivity contribution is 7.11. The Bertz CT molecular complexity index is 671. The van der Waals surface area contributed by atoms with Crippen LogP contribution in [-0.4, -0.2) is 28.8 Å². The topological polar surface area (TPSA) is 74.2 Å². The van der Waals surface area contributed by atoms with Crippen LogP contribution in [0, 0.1) is 6.92 Å². The van der Waals surface area contributed by atoms with Crippen LogP contribution in [-0.2, 0) is 12.8 Å². The first-order chi connectivity index (χ1) is 10.6. The third kappa shape index (κ3) is 3.28. The predicted octanol–water partition coefficient (Wildman–Crippen LogP) is 1.95. The van der Waals surface area contributed by atoms with Gasteiger partial charge in [0.25, 0.3) is 0 Å². The zero-order valence-corrected chi connectivity index (χ0v) is 13.2. The van der Waals surface area contributed by atoms with E-state index in [1.165, 1.54) is 4.88 Å². The van der Waals surface area contributed by atoms with Crippen LogP contribution in [0.5, 0.6) is 0 Å². The van der Waals surface area contributed by atoms with Gasteiger partial charge in [-0.1, -0.05) is 24.3 Å². The molecule has 1 aliphatic rings. The zero-order chi connectivity index (χ0) is 15.5.